The zero-order valence-corrected chi connectivity index (χ0v) is 16.3. The van der Waals surface area contributed by atoms with Gasteiger partial charge in [-0.15, -0.1) is 0 Å². The second kappa shape index (κ2) is 9.71. The number of carbonyl (C=O) groups excluding carboxylic acids is 2. The fraction of sp³-hybridized carbons (Fsp3) is 0.684. The highest BCUT2D eigenvalue weighted by Gasteiger charge is 2.38. The maximum atomic E-state index is 13.4. The van der Waals surface area contributed by atoms with Gasteiger partial charge in [-0.25, -0.2) is 9.18 Å². The van der Waals surface area contributed by atoms with E-state index >= 15 is 0 Å². The molecule has 0 aromatic carbocycles. The van der Waals surface area contributed by atoms with Gasteiger partial charge in [0.2, 0.25) is 5.91 Å². The molecule has 1 rings (SSSR count). The van der Waals surface area contributed by atoms with E-state index in [1.165, 1.54) is 12.2 Å². The Morgan fingerprint density at radius 2 is 1.96 bits per heavy atom. The van der Waals surface area contributed by atoms with Crippen LogP contribution in [0.5, 0.6) is 0 Å². The second-order valence-electron chi connectivity index (χ2n) is 7.70. The first-order valence-corrected chi connectivity index (χ1v) is 9.05. The Kier molecular flexibility index (Phi) is 8.27. The van der Waals surface area contributed by atoms with Crippen LogP contribution in [-0.2, 0) is 9.53 Å². The summed E-state index contributed by atoms with van der Waals surface area (Å²) in [5, 5.41) is 0. The van der Waals surface area contributed by atoms with Crippen molar-refractivity contribution < 1.29 is 18.7 Å². The molecule has 1 heterocycles. The summed E-state index contributed by atoms with van der Waals surface area (Å²) >= 11 is 0. The second-order valence-corrected chi connectivity index (χ2v) is 7.70. The largest absolute Gasteiger partial charge is 0.444 e. The first-order valence-electron chi connectivity index (χ1n) is 9.05. The fourth-order valence-electron chi connectivity index (χ4n) is 2.96. The number of hydrogen-bond donors (Lipinski definition) is 1. The molecule has 0 saturated carbocycles. The summed E-state index contributed by atoms with van der Waals surface area (Å²) in [4.78, 5) is 27.8. The molecule has 1 fully saturated rings. The van der Waals surface area contributed by atoms with Gasteiger partial charge in [0.05, 0.1) is 5.83 Å². The number of piperazine rings is 1. The van der Waals surface area contributed by atoms with Crippen molar-refractivity contribution in [3.8, 4) is 0 Å². The predicted molar refractivity (Wildman–Crippen MR) is 100 cm³/mol. The average molecular weight is 369 g/mol. The van der Waals surface area contributed by atoms with E-state index in [0.717, 1.165) is 6.42 Å². The minimum atomic E-state index is -0.598. The third kappa shape index (κ3) is 7.15. The monoisotopic (exact) mass is 369 g/mol. The van der Waals surface area contributed by atoms with Gasteiger partial charge in [0, 0.05) is 19.1 Å². The number of rotatable bonds is 7. The van der Waals surface area contributed by atoms with E-state index in [0.29, 0.717) is 25.9 Å². The van der Waals surface area contributed by atoms with Crippen molar-refractivity contribution in [2.75, 3.05) is 19.6 Å². The number of allylic oxidation sites excluding steroid dienone is 3. The Bertz CT molecular complexity index is 543. The molecule has 148 valence electrons. The standard InChI is InChI=1S/C19H32FN3O3/c1-6-9-15(20)10-7-8-11-22-12-14(2)23(13-16(22)17(21)24)18(25)26-19(3,4)5/h6,9,14,16H,1,7-8,10-13H2,2-5H3,(H2,21,24)/b15-9+/t14-,16-/m1/s1. The Morgan fingerprint density at radius 3 is 2.50 bits per heavy atom. The van der Waals surface area contributed by atoms with E-state index in [9.17, 15) is 14.0 Å². The quantitative estimate of drug-likeness (QED) is 0.553. The summed E-state index contributed by atoms with van der Waals surface area (Å²) in [6.45, 7) is 12.1. The highest BCUT2D eigenvalue weighted by molar-refractivity contribution is 5.81. The van der Waals surface area contributed by atoms with Crippen molar-refractivity contribution in [1.29, 1.82) is 0 Å². The molecule has 7 heteroatoms. The van der Waals surface area contributed by atoms with Crippen molar-refractivity contribution >= 4 is 12.0 Å². The van der Waals surface area contributed by atoms with Gasteiger partial charge in [-0.3, -0.25) is 9.69 Å². The molecule has 0 aliphatic carbocycles. The number of carbonyl (C=O) groups is 2. The summed E-state index contributed by atoms with van der Waals surface area (Å²) < 4.78 is 18.8. The number of unbranched alkanes of at least 4 members (excludes halogenated alkanes) is 1. The van der Waals surface area contributed by atoms with Crippen LogP contribution in [-0.4, -0.2) is 59.1 Å². The number of nitrogens with zero attached hydrogens (tertiary/aromatic N) is 2. The van der Waals surface area contributed by atoms with Crippen LogP contribution in [0, 0.1) is 0 Å². The molecule has 1 aliphatic heterocycles. The van der Waals surface area contributed by atoms with Crippen molar-refractivity contribution in [3.05, 3.63) is 24.6 Å². The van der Waals surface area contributed by atoms with Crippen LogP contribution in [0.4, 0.5) is 9.18 Å². The van der Waals surface area contributed by atoms with Gasteiger partial charge in [-0.2, -0.15) is 0 Å². The highest BCUT2D eigenvalue weighted by Crippen LogP contribution is 2.20. The molecule has 0 unspecified atom stereocenters. The Hall–Kier alpha value is -1.89. The molecule has 26 heavy (non-hydrogen) atoms. The molecular weight excluding hydrogens is 337 g/mol. The van der Waals surface area contributed by atoms with E-state index in [2.05, 4.69) is 6.58 Å². The summed E-state index contributed by atoms with van der Waals surface area (Å²) in [5.74, 6) is -0.669. The molecule has 0 bridgehead atoms. The van der Waals surface area contributed by atoms with Crippen molar-refractivity contribution in [3.63, 3.8) is 0 Å². The molecule has 2 amide bonds. The lowest BCUT2D eigenvalue weighted by Gasteiger charge is -2.44. The highest BCUT2D eigenvalue weighted by atomic mass is 19.1. The van der Waals surface area contributed by atoms with E-state index in [-0.39, 0.29) is 18.4 Å². The van der Waals surface area contributed by atoms with Gasteiger partial charge < -0.3 is 15.4 Å². The van der Waals surface area contributed by atoms with Gasteiger partial charge in [0.1, 0.15) is 11.6 Å². The van der Waals surface area contributed by atoms with Gasteiger partial charge in [-0.1, -0.05) is 12.7 Å². The van der Waals surface area contributed by atoms with Crippen molar-refractivity contribution in [2.24, 2.45) is 5.73 Å². The topological polar surface area (TPSA) is 75.9 Å². The molecular formula is C19H32FN3O3. The van der Waals surface area contributed by atoms with E-state index in [4.69, 9.17) is 10.5 Å². The molecule has 2 atom stereocenters. The molecule has 0 radical (unpaired) electrons. The minimum absolute atomic E-state index is 0.0992. The third-order valence-corrected chi connectivity index (χ3v) is 4.21. The number of amides is 2. The average Bonchev–Trinajstić information content (AvgIpc) is 2.49. The van der Waals surface area contributed by atoms with Gasteiger partial charge >= 0.3 is 6.09 Å². The maximum Gasteiger partial charge on any atom is 0.410 e. The smallest absolute Gasteiger partial charge is 0.410 e. The van der Waals surface area contributed by atoms with Crippen LogP contribution in [0.2, 0.25) is 0 Å². The van der Waals surface area contributed by atoms with Crippen LogP contribution < -0.4 is 5.73 Å². The Morgan fingerprint density at radius 1 is 1.31 bits per heavy atom. The minimum Gasteiger partial charge on any atom is -0.444 e. The van der Waals surface area contributed by atoms with E-state index < -0.39 is 23.6 Å². The predicted octanol–water partition coefficient (Wildman–Crippen LogP) is 2.99. The fourth-order valence-corrected chi connectivity index (χ4v) is 2.96. The molecule has 1 saturated heterocycles. The lowest BCUT2D eigenvalue weighted by Crippen LogP contribution is -2.63. The molecule has 6 nitrogen and oxygen atoms in total. The van der Waals surface area contributed by atoms with Gasteiger partial charge in [0.15, 0.2) is 0 Å². The SMILES string of the molecule is C=C/C=C(/F)CCCCN1C[C@@H](C)N(C(=O)OC(C)(C)C)C[C@@H]1C(N)=O. The van der Waals surface area contributed by atoms with Crippen LogP contribution in [0.1, 0.15) is 47.0 Å². The normalized spacial score (nSPS) is 22.2. The molecule has 0 aromatic rings. The van der Waals surface area contributed by atoms with Crippen molar-refractivity contribution in [2.45, 2.75) is 64.6 Å². The lowest BCUT2D eigenvalue weighted by atomic mass is 10.1. The third-order valence-electron chi connectivity index (χ3n) is 4.21. The summed E-state index contributed by atoms with van der Waals surface area (Å²) in [6, 6.07) is -0.662. The Balaban J connectivity index is 2.64. The number of ether oxygens (including phenoxy) is 1. The van der Waals surface area contributed by atoms with Crippen LogP contribution in [0.3, 0.4) is 0 Å². The van der Waals surface area contributed by atoms with Gasteiger partial charge in [-0.05, 0) is 59.6 Å². The molecule has 0 aromatic heterocycles. The van der Waals surface area contributed by atoms with Crippen LogP contribution >= 0.6 is 0 Å². The van der Waals surface area contributed by atoms with Crippen LogP contribution in [0.15, 0.2) is 24.6 Å². The molecule has 2 N–H and O–H groups in total. The number of nitrogens with two attached hydrogens (primary N) is 1. The number of halogens is 1. The summed E-state index contributed by atoms with van der Waals surface area (Å²) in [6.07, 6.45) is 4.10. The first-order chi connectivity index (χ1) is 12.0. The zero-order valence-electron chi connectivity index (χ0n) is 16.3. The van der Waals surface area contributed by atoms with E-state index in [1.807, 2.05) is 11.8 Å². The van der Waals surface area contributed by atoms with Crippen LogP contribution in [0.25, 0.3) is 0 Å². The van der Waals surface area contributed by atoms with E-state index in [1.54, 1.807) is 25.7 Å². The molecule has 1 aliphatic rings. The Labute approximate surface area is 155 Å². The van der Waals surface area contributed by atoms with Crippen molar-refractivity contribution in [1.82, 2.24) is 9.80 Å². The zero-order chi connectivity index (χ0) is 19.9. The number of primary amides is 1. The maximum absolute atomic E-state index is 13.4. The summed E-state index contributed by atoms with van der Waals surface area (Å²) in [5.41, 5.74) is 4.95. The lowest BCUT2D eigenvalue weighted by molar-refractivity contribution is -0.126. The first kappa shape index (κ1) is 22.2. The molecule has 0 spiro atoms. The summed E-state index contributed by atoms with van der Waals surface area (Å²) in [7, 11) is 0. The van der Waals surface area contributed by atoms with Gasteiger partial charge in [0.25, 0.3) is 0 Å². The number of hydrogen-bond acceptors (Lipinski definition) is 4.